The second kappa shape index (κ2) is 6.88. The number of nitrogens with zero attached hydrogens (tertiary/aromatic N) is 1. The molecule has 1 amide bonds. The van der Waals surface area contributed by atoms with E-state index in [-0.39, 0.29) is 5.91 Å². The van der Waals surface area contributed by atoms with Gasteiger partial charge in [-0.3, -0.25) is 4.79 Å². The summed E-state index contributed by atoms with van der Waals surface area (Å²) in [6.07, 6.45) is 1.72. The first-order valence-electron chi connectivity index (χ1n) is 7.71. The average molecular weight is 327 g/mol. The van der Waals surface area contributed by atoms with E-state index in [4.69, 9.17) is 11.6 Å². The molecule has 0 aliphatic heterocycles. The molecule has 0 bridgehead atoms. The van der Waals surface area contributed by atoms with Gasteiger partial charge < -0.3 is 9.88 Å². The third-order valence-electron chi connectivity index (χ3n) is 4.04. The lowest BCUT2D eigenvalue weighted by atomic mass is 10.1. The Labute approximate surface area is 140 Å². The van der Waals surface area contributed by atoms with Crippen molar-refractivity contribution in [3.8, 4) is 0 Å². The number of rotatable bonds is 5. The first kappa shape index (κ1) is 15.6. The lowest BCUT2D eigenvalue weighted by Gasteiger charge is -2.10. The Bertz CT molecular complexity index is 824. The highest BCUT2D eigenvalue weighted by Gasteiger charge is 2.17. The number of benzene rings is 2. The van der Waals surface area contributed by atoms with E-state index in [1.165, 1.54) is 5.39 Å². The maximum atomic E-state index is 12.5. The molecular weight excluding hydrogens is 308 g/mol. The van der Waals surface area contributed by atoms with Crippen molar-refractivity contribution in [2.45, 2.75) is 12.8 Å². The monoisotopic (exact) mass is 326 g/mol. The molecule has 0 unspecified atom stereocenters. The van der Waals surface area contributed by atoms with Gasteiger partial charge in [-0.25, -0.2) is 0 Å². The van der Waals surface area contributed by atoms with Crippen LogP contribution >= 0.6 is 11.6 Å². The zero-order valence-corrected chi connectivity index (χ0v) is 13.8. The molecule has 1 heterocycles. The van der Waals surface area contributed by atoms with Crippen LogP contribution in [0.1, 0.15) is 22.3 Å². The van der Waals surface area contributed by atoms with Crippen LogP contribution in [-0.4, -0.2) is 16.4 Å². The number of hydrogen-bond acceptors (Lipinski definition) is 1. The Morgan fingerprint density at radius 2 is 1.78 bits per heavy atom. The number of hydrogen-bond donors (Lipinski definition) is 1. The van der Waals surface area contributed by atoms with Gasteiger partial charge in [-0.05, 0) is 31.0 Å². The van der Waals surface area contributed by atoms with Gasteiger partial charge in [0.15, 0.2) is 0 Å². The first-order valence-corrected chi connectivity index (χ1v) is 8.24. The fourth-order valence-electron chi connectivity index (χ4n) is 2.90. The zero-order valence-electron chi connectivity index (χ0n) is 13.1. The van der Waals surface area contributed by atoms with Crippen LogP contribution in [0.5, 0.6) is 0 Å². The highest BCUT2D eigenvalue weighted by atomic mass is 35.5. The van der Waals surface area contributed by atoms with E-state index in [1.807, 2.05) is 54.1 Å². The number of fused-ring (bicyclic) bond motifs is 1. The molecule has 0 saturated carbocycles. The fraction of sp³-hybridized carbons (Fsp3) is 0.211. The van der Waals surface area contributed by atoms with Crippen LogP contribution < -0.4 is 5.32 Å². The van der Waals surface area contributed by atoms with Crippen LogP contribution in [0.2, 0.25) is 0 Å². The van der Waals surface area contributed by atoms with E-state index in [0.717, 1.165) is 29.7 Å². The number of carbonyl (C=O) groups is 1. The van der Waals surface area contributed by atoms with Crippen molar-refractivity contribution in [3.05, 3.63) is 65.7 Å². The molecule has 1 N–H and O–H groups in total. The average Bonchev–Trinajstić information content (AvgIpc) is 2.86. The van der Waals surface area contributed by atoms with Gasteiger partial charge in [-0.15, -0.1) is 11.6 Å². The van der Waals surface area contributed by atoms with Gasteiger partial charge in [0.1, 0.15) is 5.82 Å². The lowest BCUT2D eigenvalue weighted by molar-refractivity contribution is 0.102. The van der Waals surface area contributed by atoms with Crippen molar-refractivity contribution in [1.82, 2.24) is 4.57 Å². The molecule has 0 aliphatic rings. The number of nitrogens with one attached hydrogen (secondary N) is 1. The number of carbonyl (C=O) groups excluding carboxylic acids is 1. The van der Waals surface area contributed by atoms with Gasteiger partial charge in [-0.1, -0.05) is 36.4 Å². The van der Waals surface area contributed by atoms with Crippen molar-refractivity contribution in [3.63, 3.8) is 0 Å². The number of anilines is 1. The standard InChI is InChI=1S/C19H19ClN2O/c1-22-17-12-6-5-10-15(17)16(11-7-13-20)18(22)21-19(23)14-8-3-2-4-9-14/h2-6,8-10,12H,7,11,13H2,1H3,(H,21,23). The zero-order chi connectivity index (χ0) is 16.2. The minimum absolute atomic E-state index is 0.0939. The third kappa shape index (κ3) is 3.10. The molecule has 3 rings (SSSR count). The van der Waals surface area contributed by atoms with Crippen LogP contribution in [-0.2, 0) is 13.5 Å². The molecule has 0 fully saturated rings. The van der Waals surface area contributed by atoms with Crippen molar-refractivity contribution >= 4 is 34.2 Å². The second-order valence-electron chi connectivity index (χ2n) is 5.52. The van der Waals surface area contributed by atoms with E-state index in [0.29, 0.717) is 11.4 Å². The summed E-state index contributed by atoms with van der Waals surface area (Å²) in [5, 5.41) is 4.24. The molecule has 3 aromatic rings. The van der Waals surface area contributed by atoms with Gasteiger partial charge in [-0.2, -0.15) is 0 Å². The third-order valence-corrected chi connectivity index (χ3v) is 4.31. The van der Waals surface area contributed by atoms with Crippen molar-refractivity contribution in [2.75, 3.05) is 11.2 Å². The topological polar surface area (TPSA) is 34.0 Å². The first-order chi connectivity index (χ1) is 11.2. The summed E-state index contributed by atoms with van der Waals surface area (Å²) in [7, 11) is 1.98. The molecule has 1 aromatic heterocycles. The molecule has 0 saturated heterocycles. The van der Waals surface area contributed by atoms with E-state index in [2.05, 4.69) is 17.4 Å². The van der Waals surface area contributed by atoms with Crippen LogP contribution in [0.15, 0.2) is 54.6 Å². The van der Waals surface area contributed by atoms with Gasteiger partial charge >= 0.3 is 0 Å². The molecule has 3 nitrogen and oxygen atoms in total. The summed E-state index contributed by atoms with van der Waals surface area (Å²) in [5.41, 5.74) is 2.91. The van der Waals surface area contributed by atoms with Crippen molar-refractivity contribution < 1.29 is 4.79 Å². The van der Waals surface area contributed by atoms with Crippen LogP contribution in [0.3, 0.4) is 0 Å². The summed E-state index contributed by atoms with van der Waals surface area (Å²) >= 11 is 5.87. The summed E-state index contributed by atoms with van der Waals surface area (Å²) < 4.78 is 2.04. The summed E-state index contributed by atoms with van der Waals surface area (Å²) in [6, 6.07) is 17.5. The Hall–Kier alpha value is -2.26. The molecule has 118 valence electrons. The van der Waals surface area contributed by atoms with Crippen LogP contribution in [0.4, 0.5) is 5.82 Å². The molecule has 0 spiro atoms. The maximum absolute atomic E-state index is 12.5. The molecular formula is C19H19ClN2O. The Morgan fingerprint density at radius 1 is 1.09 bits per heavy atom. The Morgan fingerprint density at radius 3 is 2.52 bits per heavy atom. The van der Waals surface area contributed by atoms with E-state index in [9.17, 15) is 4.79 Å². The number of amides is 1. The number of alkyl halides is 1. The predicted octanol–water partition coefficient (Wildman–Crippen LogP) is 4.60. The minimum Gasteiger partial charge on any atom is -0.330 e. The van der Waals surface area contributed by atoms with Gasteiger partial charge in [0.2, 0.25) is 0 Å². The minimum atomic E-state index is -0.0939. The van der Waals surface area contributed by atoms with Crippen molar-refractivity contribution in [2.24, 2.45) is 7.05 Å². The van der Waals surface area contributed by atoms with E-state index >= 15 is 0 Å². The highest BCUT2D eigenvalue weighted by Crippen LogP contribution is 2.30. The predicted molar refractivity (Wildman–Crippen MR) is 96.4 cm³/mol. The summed E-state index contributed by atoms with van der Waals surface area (Å²) in [4.78, 5) is 12.5. The Balaban J connectivity index is 2.02. The largest absolute Gasteiger partial charge is 0.330 e. The summed E-state index contributed by atoms with van der Waals surface area (Å²) in [6.45, 7) is 0. The smallest absolute Gasteiger partial charge is 0.256 e. The maximum Gasteiger partial charge on any atom is 0.256 e. The van der Waals surface area contributed by atoms with Crippen molar-refractivity contribution in [1.29, 1.82) is 0 Å². The van der Waals surface area contributed by atoms with Crippen LogP contribution in [0, 0.1) is 0 Å². The SMILES string of the molecule is Cn1c(NC(=O)c2ccccc2)c(CCCCl)c2ccccc21. The molecule has 0 aliphatic carbocycles. The molecule has 23 heavy (non-hydrogen) atoms. The fourth-order valence-corrected chi connectivity index (χ4v) is 3.03. The molecule has 2 aromatic carbocycles. The number of halogens is 1. The van der Waals surface area contributed by atoms with Crippen LogP contribution in [0.25, 0.3) is 10.9 Å². The lowest BCUT2D eigenvalue weighted by Crippen LogP contribution is -2.15. The Kier molecular flexibility index (Phi) is 4.68. The molecule has 4 heteroatoms. The quantitative estimate of drug-likeness (QED) is 0.683. The van der Waals surface area contributed by atoms with Gasteiger partial charge in [0, 0.05) is 35.0 Å². The second-order valence-corrected chi connectivity index (χ2v) is 5.89. The van der Waals surface area contributed by atoms with E-state index in [1.54, 1.807) is 0 Å². The number of aromatic nitrogens is 1. The van der Waals surface area contributed by atoms with Gasteiger partial charge in [0.25, 0.3) is 5.91 Å². The number of aryl methyl sites for hydroxylation is 2. The molecule has 0 radical (unpaired) electrons. The normalized spacial score (nSPS) is 10.9. The van der Waals surface area contributed by atoms with Gasteiger partial charge in [0.05, 0.1) is 0 Å². The highest BCUT2D eigenvalue weighted by molar-refractivity contribution is 6.17. The summed E-state index contributed by atoms with van der Waals surface area (Å²) in [5.74, 6) is 1.36. The van der Waals surface area contributed by atoms with E-state index < -0.39 is 0 Å². The number of para-hydroxylation sites is 1. The molecule has 0 atom stereocenters.